The zero-order chi connectivity index (χ0) is 26.8. The molecule has 0 bridgehead atoms. The van der Waals surface area contributed by atoms with Gasteiger partial charge in [-0.15, -0.1) is 0 Å². The Kier molecular flexibility index (Phi) is 7.11. The molecule has 2 aliphatic rings. The van der Waals surface area contributed by atoms with Gasteiger partial charge in [-0.2, -0.15) is 4.98 Å². The quantitative estimate of drug-likeness (QED) is 0.403. The number of hydrogen-bond donors (Lipinski definition) is 1. The van der Waals surface area contributed by atoms with Crippen LogP contribution < -0.4 is 10.9 Å². The molecule has 0 spiro atoms. The van der Waals surface area contributed by atoms with E-state index in [2.05, 4.69) is 10.3 Å². The number of nitrogens with zero attached hydrogens (tertiary/aromatic N) is 4. The van der Waals surface area contributed by atoms with Crippen LogP contribution in [0.1, 0.15) is 47.6 Å². The van der Waals surface area contributed by atoms with Crippen LogP contribution in [0.2, 0.25) is 0 Å². The first-order valence-electron chi connectivity index (χ1n) is 13.8. The highest BCUT2D eigenvalue weighted by Gasteiger charge is 2.26. The first-order chi connectivity index (χ1) is 19.1. The lowest BCUT2D eigenvalue weighted by Crippen LogP contribution is -2.42. The molecule has 200 valence electrons. The minimum absolute atomic E-state index is 0.0210. The van der Waals surface area contributed by atoms with Crippen LogP contribution in [0.25, 0.3) is 22.2 Å². The van der Waals surface area contributed by atoms with E-state index in [1.807, 2.05) is 83.3 Å². The minimum Gasteiger partial charge on any atom is -0.381 e. The lowest BCUT2D eigenvalue weighted by Gasteiger charge is -2.32. The topological polar surface area (TPSA) is 89.3 Å². The predicted octanol–water partition coefficient (Wildman–Crippen LogP) is 4.84. The number of likely N-dealkylation sites (tertiary alicyclic amines) is 1. The molecule has 1 N–H and O–H groups in total. The molecule has 6 rings (SSSR count). The van der Waals surface area contributed by atoms with Crippen LogP contribution in [0.3, 0.4) is 0 Å². The zero-order valence-electron chi connectivity index (χ0n) is 22.2. The molecular weight excluding hydrogens is 490 g/mol. The van der Waals surface area contributed by atoms with Crippen molar-refractivity contribution in [1.82, 2.24) is 19.4 Å². The van der Waals surface area contributed by atoms with E-state index in [1.54, 1.807) is 0 Å². The van der Waals surface area contributed by atoms with Gasteiger partial charge in [0.2, 0.25) is 5.95 Å². The maximum atomic E-state index is 14.0. The van der Waals surface area contributed by atoms with E-state index in [0.717, 1.165) is 47.8 Å². The van der Waals surface area contributed by atoms with Crippen LogP contribution >= 0.6 is 0 Å². The van der Waals surface area contributed by atoms with Crippen LogP contribution in [-0.2, 0) is 4.74 Å². The van der Waals surface area contributed by atoms with Gasteiger partial charge < -0.3 is 15.0 Å². The van der Waals surface area contributed by atoms with E-state index >= 15 is 0 Å². The SMILES string of the molecule is Cc1ccccc1-c1cc2cnc(NC3CCN(C(=O)c4ccccc4)CC3)nc2n(C2CCOCC2)c1=O. The fourth-order valence-electron chi connectivity index (χ4n) is 5.71. The van der Waals surface area contributed by atoms with Crippen LogP contribution in [0.5, 0.6) is 0 Å². The van der Waals surface area contributed by atoms with Crippen molar-refractivity contribution in [3.8, 4) is 11.1 Å². The fourth-order valence-corrected chi connectivity index (χ4v) is 5.71. The highest BCUT2D eigenvalue weighted by Crippen LogP contribution is 2.28. The largest absolute Gasteiger partial charge is 0.381 e. The number of pyridine rings is 1. The van der Waals surface area contributed by atoms with Gasteiger partial charge in [0, 0.05) is 61.1 Å². The Morgan fingerprint density at radius 1 is 0.949 bits per heavy atom. The summed E-state index contributed by atoms with van der Waals surface area (Å²) in [4.78, 5) is 38.2. The van der Waals surface area contributed by atoms with Gasteiger partial charge in [-0.05, 0) is 61.9 Å². The number of fused-ring (bicyclic) bond motifs is 1. The first kappa shape index (κ1) is 25.2. The molecule has 0 aliphatic carbocycles. The summed E-state index contributed by atoms with van der Waals surface area (Å²) in [6.07, 6.45) is 4.97. The molecular formula is C31H33N5O3. The second-order valence-electron chi connectivity index (χ2n) is 10.4. The van der Waals surface area contributed by atoms with Crippen molar-refractivity contribution in [1.29, 1.82) is 0 Å². The summed E-state index contributed by atoms with van der Waals surface area (Å²) < 4.78 is 7.47. The molecule has 0 atom stereocenters. The Bertz CT molecular complexity index is 1540. The molecule has 0 unspecified atom stereocenters. The van der Waals surface area contributed by atoms with Gasteiger partial charge in [0.1, 0.15) is 5.65 Å². The number of rotatable bonds is 5. The summed E-state index contributed by atoms with van der Waals surface area (Å²) in [6.45, 7) is 4.63. The molecule has 2 aromatic heterocycles. The number of hydrogen-bond acceptors (Lipinski definition) is 6. The Labute approximate surface area is 227 Å². The number of ether oxygens (including phenoxy) is 1. The van der Waals surface area contributed by atoms with Crippen molar-refractivity contribution in [3.63, 3.8) is 0 Å². The normalized spacial score (nSPS) is 16.9. The van der Waals surface area contributed by atoms with Crippen molar-refractivity contribution >= 4 is 22.9 Å². The average Bonchev–Trinajstić information content (AvgIpc) is 2.98. The highest BCUT2D eigenvalue weighted by molar-refractivity contribution is 5.94. The number of piperidine rings is 1. The molecule has 8 heteroatoms. The number of nitrogens with one attached hydrogen (secondary N) is 1. The van der Waals surface area contributed by atoms with Crippen molar-refractivity contribution < 1.29 is 9.53 Å². The third kappa shape index (κ3) is 5.16. The third-order valence-electron chi connectivity index (χ3n) is 7.90. The van der Waals surface area contributed by atoms with Crippen molar-refractivity contribution in [3.05, 3.63) is 88.3 Å². The summed E-state index contributed by atoms with van der Waals surface area (Å²) in [7, 11) is 0. The van der Waals surface area contributed by atoms with Gasteiger partial charge in [-0.25, -0.2) is 4.98 Å². The van der Waals surface area contributed by atoms with Gasteiger partial charge in [0.05, 0.1) is 0 Å². The number of carbonyl (C=O) groups excluding carboxylic acids is 1. The molecule has 2 aliphatic heterocycles. The number of aromatic nitrogens is 3. The van der Waals surface area contributed by atoms with Crippen LogP contribution in [0.4, 0.5) is 5.95 Å². The number of carbonyl (C=O) groups is 1. The van der Waals surface area contributed by atoms with Gasteiger partial charge in [-0.1, -0.05) is 42.5 Å². The standard InChI is InChI=1S/C31H33N5O3/c1-21-7-5-6-10-26(21)27-19-23-20-32-31(34-28(23)36(30(27)38)25-13-17-39-18-14-25)33-24-11-15-35(16-12-24)29(37)22-8-3-2-4-9-22/h2-10,19-20,24-25H,11-18H2,1H3,(H,32,33,34). The average molecular weight is 524 g/mol. The van der Waals surface area contributed by atoms with Crippen molar-refractivity contribution in [2.24, 2.45) is 0 Å². The highest BCUT2D eigenvalue weighted by atomic mass is 16.5. The second kappa shape index (κ2) is 11.0. The molecule has 39 heavy (non-hydrogen) atoms. The summed E-state index contributed by atoms with van der Waals surface area (Å²) in [6, 6.07) is 19.5. The van der Waals surface area contributed by atoms with Gasteiger partial charge in [0.15, 0.2) is 0 Å². The van der Waals surface area contributed by atoms with Gasteiger partial charge >= 0.3 is 0 Å². The van der Waals surface area contributed by atoms with Crippen LogP contribution in [0, 0.1) is 6.92 Å². The Morgan fingerprint density at radius 3 is 2.41 bits per heavy atom. The molecule has 4 aromatic rings. The van der Waals surface area contributed by atoms with E-state index in [1.165, 1.54) is 0 Å². The van der Waals surface area contributed by atoms with Crippen LogP contribution in [0.15, 0.2) is 71.7 Å². The second-order valence-corrected chi connectivity index (χ2v) is 10.4. The van der Waals surface area contributed by atoms with Crippen molar-refractivity contribution in [2.75, 3.05) is 31.6 Å². The number of amides is 1. The Balaban J connectivity index is 1.27. The van der Waals surface area contributed by atoms with E-state index in [4.69, 9.17) is 9.72 Å². The molecule has 0 radical (unpaired) electrons. The summed E-state index contributed by atoms with van der Waals surface area (Å²) >= 11 is 0. The summed E-state index contributed by atoms with van der Waals surface area (Å²) in [5.74, 6) is 0.583. The lowest BCUT2D eigenvalue weighted by atomic mass is 10.00. The maximum absolute atomic E-state index is 14.0. The number of aryl methyl sites for hydroxylation is 1. The molecule has 0 saturated carbocycles. The Morgan fingerprint density at radius 2 is 1.67 bits per heavy atom. The molecule has 1 amide bonds. The monoisotopic (exact) mass is 523 g/mol. The third-order valence-corrected chi connectivity index (χ3v) is 7.90. The van der Waals surface area contributed by atoms with E-state index in [-0.39, 0.29) is 23.6 Å². The van der Waals surface area contributed by atoms with Gasteiger partial charge in [0.25, 0.3) is 11.5 Å². The van der Waals surface area contributed by atoms with Crippen LogP contribution in [-0.4, -0.2) is 57.7 Å². The lowest BCUT2D eigenvalue weighted by molar-refractivity contribution is 0.0697. The summed E-state index contributed by atoms with van der Waals surface area (Å²) in [5.41, 5.74) is 4.01. The minimum atomic E-state index is -0.0268. The Hall–Kier alpha value is -4.04. The van der Waals surface area contributed by atoms with E-state index < -0.39 is 0 Å². The van der Waals surface area contributed by atoms with E-state index in [9.17, 15) is 9.59 Å². The van der Waals surface area contributed by atoms with Crippen molar-refractivity contribution in [2.45, 2.75) is 44.7 Å². The first-order valence-corrected chi connectivity index (χ1v) is 13.8. The molecule has 8 nitrogen and oxygen atoms in total. The van der Waals surface area contributed by atoms with E-state index in [0.29, 0.717) is 43.5 Å². The summed E-state index contributed by atoms with van der Waals surface area (Å²) in [5, 5.41) is 4.32. The molecule has 2 aromatic carbocycles. The molecule has 2 fully saturated rings. The molecule has 2 saturated heterocycles. The number of anilines is 1. The van der Waals surface area contributed by atoms with Gasteiger partial charge in [-0.3, -0.25) is 14.2 Å². The molecule has 4 heterocycles. The fraction of sp³-hybridized carbons (Fsp3) is 0.355. The number of benzene rings is 2. The smallest absolute Gasteiger partial charge is 0.260 e. The predicted molar refractivity (Wildman–Crippen MR) is 152 cm³/mol. The maximum Gasteiger partial charge on any atom is 0.260 e. The zero-order valence-corrected chi connectivity index (χ0v) is 22.2.